The predicted molar refractivity (Wildman–Crippen MR) is 240 cm³/mol. The largest absolute Gasteiger partial charge is 0.417 e. The van der Waals surface area contributed by atoms with E-state index in [0.717, 1.165) is 83.1 Å². The normalized spacial score (nSPS) is 11.9. The van der Waals surface area contributed by atoms with Crippen molar-refractivity contribution in [3.8, 4) is 50.8 Å². The van der Waals surface area contributed by atoms with Crippen LogP contribution in [0.3, 0.4) is 0 Å². The van der Waals surface area contributed by atoms with Crippen LogP contribution in [0.15, 0.2) is 158 Å². The second-order valence-corrected chi connectivity index (χ2v) is 16.0. The number of nitrogens with zero attached hydrogens (tertiary/aromatic N) is 3. The van der Waals surface area contributed by atoms with E-state index in [1.165, 1.54) is 17.2 Å². The monoisotopic (exact) mass is 785 g/mol. The van der Waals surface area contributed by atoms with Crippen molar-refractivity contribution in [3.63, 3.8) is 0 Å². The van der Waals surface area contributed by atoms with Crippen molar-refractivity contribution in [3.05, 3.63) is 191 Å². The third-order valence-corrected chi connectivity index (χ3v) is 11.7. The highest BCUT2D eigenvalue weighted by atomic mass is 19.4. The summed E-state index contributed by atoms with van der Waals surface area (Å²) < 4.78 is 50.9. The molecule has 0 atom stereocenters. The summed E-state index contributed by atoms with van der Waals surface area (Å²) in [4.78, 5) is 0. The molecule has 0 bridgehead atoms. The molecule has 0 aliphatic rings. The lowest BCUT2D eigenvalue weighted by molar-refractivity contribution is -0.137. The van der Waals surface area contributed by atoms with Crippen molar-refractivity contribution in [1.82, 2.24) is 9.13 Å². The number of para-hydroxylation sites is 2. The van der Waals surface area contributed by atoms with Gasteiger partial charge in [0.2, 0.25) is 0 Å². The number of aryl methyl sites for hydroxylation is 4. The van der Waals surface area contributed by atoms with Gasteiger partial charge in [-0.3, -0.25) is 0 Å². The van der Waals surface area contributed by atoms with Gasteiger partial charge in [-0.15, -0.1) is 0 Å². The number of alkyl halides is 3. The molecule has 60 heavy (non-hydrogen) atoms. The summed E-state index contributed by atoms with van der Waals surface area (Å²) in [5.74, 6) is 0. The Balaban J connectivity index is 1.28. The number of aromatic nitrogens is 2. The first-order chi connectivity index (χ1) is 29.0. The second-order valence-electron chi connectivity index (χ2n) is 16.0. The van der Waals surface area contributed by atoms with Gasteiger partial charge < -0.3 is 9.13 Å². The zero-order valence-electron chi connectivity index (χ0n) is 33.5. The molecule has 0 fully saturated rings. The number of hydrogen-bond donors (Lipinski definition) is 0. The van der Waals surface area contributed by atoms with Crippen molar-refractivity contribution < 1.29 is 13.2 Å². The van der Waals surface area contributed by atoms with Crippen LogP contribution in [0.2, 0.25) is 0 Å². The number of hydrogen-bond acceptors (Lipinski definition) is 1. The van der Waals surface area contributed by atoms with Crippen LogP contribution in [0.4, 0.5) is 13.2 Å². The van der Waals surface area contributed by atoms with Crippen LogP contribution >= 0.6 is 0 Å². The van der Waals surface area contributed by atoms with Gasteiger partial charge >= 0.3 is 6.18 Å². The minimum atomic E-state index is -4.72. The summed E-state index contributed by atoms with van der Waals surface area (Å²) in [5.41, 5.74) is 12.8. The molecule has 0 aliphatic heterocycles. The molecular formula is C54H38F3N3. The van der Waals surface area contributed by atoms with Crippen LogP contribution in [0.25, 0.3) is 88.4 Å². The zero-order chi connectivity index (χ0) is 41.4. The second kappa shape index (κ2) is 13.9. The van der Waals surface area contributed by atoms with Gasteiger partial charge in [-0.2, -0.15) is 18.4 Å². The minimum absolute atomic E-state index is 0.00377. The summed E-state index contributed by atoms with van der Waals surface area (Å²) in [6.45, 7) is 8.33. The maximum absolute atomic E-state index is 15.6. The molecule has 2 aromatic heterocycles. The van der Waals surface area contributed by atoms with E-state index in [0.29, 0.717) is 16.9 Å². The van der Waals surface area contributed by atoms with E-state index >= 15 is 13.2 Å². The topological polar surface area (TPSA) is 33.6 Å². The fraction of sp³-hybridized carbons (Fsp3) is 0.0926. The summed E-state index contributed by atoms with van der Waals surface area (Å²) >= 11 is 0. The molecule has 290 valence electrons. The lowest BCUT2D eigenvalue weighted by Gasteiger charge is -2.22. The fourth-order valence-corrected chi connectivity index (χ4v) is 9.35. The highest BCUT2D eigenvalue weighted by Crippen LogP contribution is 2.47. The van der Waals surface area contributed by atoms with Gasteiger partial charge in [0.15, 0.2) is 0 Å². The average Bonchev–Trinajstić information content (AvgIpc) is 3.74. The molecule has 10 aromatic rings. The Morgan fingerprint density at radius 2 is 0.917 bits per heavy atom. The van der Waals surface area contributed by atoms with Crippen molar-refractivity contribution in [2.75, 3.05) is 0 Å². The predicted octanol–water partition coefficient (Wildman–Crippen LogP) is 15.0. The first-order valence-electron chi connectivity index (χ1n) is 20.0. The van der Waals surface area contributed by atoms with Crippen molar-refractivity contribution in [1.29, 1.82) is 5.26 Å². The smallest absolute Gasteiger partial charge is 0.309 e. The molecule has 6 heteroatoms. The Bertz CT molecular complexity index is 3390. The third kappa shape index (κ3) is 6.05. The highest BCUT2D eigenvalue weighted by Gasteiger charge is 2.36. The van der Waals surface area contributed by atoms with Crippen LogP contribution in [0, 0.1) is 39.0 Å². The maximum atomic E-state index is 15.6. The quantitative estimate of drug-likeness (QED) is 0.171. The lowest BCUT2D eigenvalue weighted by atomic mass is 9.93. The van der Waals surface area contributed by atoms with Gasteiger partial charge in [0.05, 0.1) is 50.6 Å². The molecule has 0 amide bonds. The first-order valence-corrected chi connectivity index (χ1v) is 20.0. The number of benzene rings is 8. The Kier molecular flexibility index (Phi) is 8.55. The molecule has 0 radical (unpaired) electrons. The number of fused-ring (bicyclic) bond motifs is 6. The molecule has 2 heterocycles. The number of halogens is 3. The van der Waals surface area contributed by atoms with Gasteiger partial charge in [0, 0.05) is 32.7 Å². The van der Waals surface area contributed by atoms with Gasteiger partial charge in [0.1, 0.15) is 0 Å². The third-order valence-electron chi connectivity index (χ3n) is 11.7. The number of rotatable bonds is 5. The Hall–Kier alpha value is -7.36. The van der Waals surface area contributed by atoms with E-state index in [4.69, 9.17) is 0 Å². The molecule has 0 saturated heterocycles. The SMILES string of the molecule is Cc1cc(C)cc(-c2ccc3c(c2)c2ccccc2n3-c2ccc(C#N)cc2-c2c(-n3c4ccccc4c4cc(-c5cc(C)cc(C)c5)ccc43)cccc2C(F)(F)F)c1. The van der Waals surface area contributed by atoms with Crippen LogP contribution in [-0.2, 0) is 6.18 Å². The first kappa shape index (κ1) is 36.9. The van der Waals surface area contributed by atoms with E-state index in [9.17, 15) is 5.26 Å². The van der Waals surface area contributed by atoms with Crippen molar-refractivity contribution in [2.45, 2.75) is 33.9 Å². The molecule has 0 aliphatic carbocycles. The van der Waals surface area contributed by atoms with E-state index < -0.39 is 11.7 Å². The van der Waals surface area contributed by atoms with Gasteiger partial charge in [-0.05, 0) is 117 Å². The zero-order valence-corrected chi connectivity index (χ0v) is 33.5. The average molecular weight is 786 g/mol. The maximum Gasteiger partial charge on any atom is 0.417 e. The summed E-state index contributed by atoms with van der Waals surface area (Å²) in [6, 6.07) is 53.0. The van der Waals surface area contributed by atoms with E-state index in [1.807, 2.05) is 63.7 Å². The van der Waals surface area contributed by atoms with Gasteiger partial charge in [0.25, 0.3) is 0 Å². The van der Waals surface area contributed by atoms with Crippen molar-refractivity contribution >= 4 is 43.6 Å². The van der Waals surface area contributed by atoms with Crippen LogP contribution in [-0.4, -0.2) is 9.13 Å². The molecule has 0 saturated carbocycles. The molecule has 0 unspecified atom stereocenters. The Morgan fingerprint density at radius 1 is 0.433 bits per heavy atom. The molecule has 0 N–H and O–H groups in total. The van der Waals surface area contributed by atoms with Crippen LogP contribution in [0.5, 0.6) is 0 Å². The highest BCUT2D eigenvalue weighted by molar-refractivity contribution is 6.13. The molecular weight excluding hydrogens is 748 g/mol. The van der Waals surface area contributed by atoms with Gasteiger partial charge in [-0.25, -0.2) is 0 Å². The van der Waals surface area contributed by atoms with E-state index in [2.05, 4.69) is 100 Å². The molecule has 3 nitrogen and oxygen atoms in total. The van der Waals surface area contributed by atoms with Crippen molar-refractivity contribution in [2.24, 2.45) is 0 Å². The van der Waals surface area contributed by atoms with Crippen LogP contribution < -0.4 is 0 Å². The van der Waals surface area contributed by atoms with E-state index in [1.54, 1.807) is 24.3 Å². The van der Waals surface area contributed by atoms with Crippen LogP contribution in [0.1, 0.15) is 33.4 Å². The number of nitriles is 1. The molecule has 0 spiro atoms. The summed E-state index contributed by atoms with van der Waals surface area (Å²) in [7, 11) is 0. The Labute approximate surface area is 345 Å². The molecule has 10 rings (SSSR count). The fourth-order valence-electron chi connectivity index (χ4n) is 9.35. The summed E-state index contributed by atoms with van der Waals surface area (Å²) in [5, 5.41) is 14.1. The Morgan fingerprint density at radius 3 is 1.42 bits per heavy atom. The standard InChI is InChI=1S/C54H38F3N3/c1-32-22-33(2)25-39(24-32)37-17-20-49-43(29-37)41-10-5-7-13-47(41)59(49)51-19-16-36(31-58)28-45(51)53-46(54(55,56)57)12-9-15-52(53)60-48-14-8-6-11-42(48)44-30-38(18-21-50(44)60)40-26-34(3)23-35(4)27-40/h5-30H,1-4H3. The van der Waals surface area contributed by atoms with E-state index in [-0.39, 0.29) is 11.1 Å². The summed E-state index contributed by atoms with van der Waals surface area (Å²) in [6.07, 6.45) is -4.72. The minimum Gasteiger partial charge on any atom is -0.309 e. The van der Waals surface area contributed by atoms with Gasteiger partial charge in [-0.1, -0.05) is 113 Å². The molecule has 8 aromatic carbocycles. The lowest BCUT2D eigenvalue weighted by Crippen LogP contribution is -2.11.